The van der Waals surface area contributed by atoms with Gasteiger partial charge >= 0.3 is 0 Å². The number of amides is 1. The lowest BCUT2D eigenvalue weighted by molar-refractivity contribution is 0.0686. The van der Waals surface area contributed by atoms with Gasteiger partial charge in [0.2, 0.25) is 11.7 Å². The van der Waals surface area contributed by atoms with Gasteiger partial charge in [0.05, 0.1) is 5.92 Å². The zero-order valence-electron chi connectivity index (χ0n) is 14.4. The highest BCUT2D eigenvalue weighted by Gasteiger charge is 2.29. The molecule has 1 aromatic carbocycles. The molecular weight excluding hydrogens is 335 g/mol. The highest BCUT2D eigenvalue weighted by atomic mass is 19.1. The maximum Gasteiger partial charge on any atom is 0.270 e. The average molecular weight is 354 g/mol. The lowest BCUT2D eigenvalue weighted by atomic mass is 9.97. The number of rotatable bonds is 3. The van der Waals surface area contributed by atoms with Crippen molar-refractivity contribution >= 4 is 5.91 Å². The SMILES string of the molecule is Cn1cccc1C(=O)N1CCC[C@H](c2nc(-c3ccc(F)cc3)no2)C1. The van der Waals surface area contributed by atoms with Crippen LogP contribution in [0.4, 0.5) is 4.39 Å². The van der Waals surface area contributed by atoms with Gasteiger partial charge in [-0.05, 0) is 49.2 Å². The fourth-order valence-electron chi connectivity index (χ4n) is 3.33. The first-order valence-electron chi connectivity index (χ1n) is 8.62. The van der Waals surface area contributed by atoms with E-state index in [-0.39, 0.29) is 17.6 Å². The smallest absolute Gasteiger partial charge is 0.270 e. The number of halogens is 1. The van der Waals surface area contributed by atoms with E-state index >= 15 is 0 Å². The summed E-state index contributed by atoms with van der Waals surface area (Å²) in [4.78, 5) is 19.0. The van der Waals surface area contributed by atoms with Crippen LogP contribution < -0.4 is 0 Å². The Kier molecular flexibility index (Phi) is 4.28. The second kappa shape index (κ2) is 6.74. The van der Waals surface area contributed by atoms with E-state index < -0.39 is 0 Å². The minimum Gasteiger partial charge on any atom is -0.347 e. The number of aromatic nitrogens is 3. The van der Waals surface area contributed by atoms with Crippen molar-refractivity contribution in [3.63, 3.8) is 0 Å². The van der Waals surface area contributed by atoms with Gasteiger partial charge in [-0.25, -0.2) is 4.39 Å². The van der Waals surface area contributed by atoms with Crippen LogP contribution in [0.2, 0.25) is 0 Å². The van der Waals surface area contributed by atoms with Crippen LogP contribution in [-0.2, 0) is 7.05 Å². The minimum absolute atomic E-state index is 0.00895. The monoisotopic (exact) mass is 354 g/mol. The quantitative estimate of drug-likeness (QED) is 0.724. The lowest BCUT2D eigenvalue weighted by Gasteiger charge is -2.31. The van der Waals surface area contributed by atoms with Crippen LogP contribution in [0.25, 0.3) is 11.4 Å². The number of hydrogen-bond donors (Lipinski definition) is 0. The van der Waals surface area contributed by atoms with Crippen molar-refractivity contribution in [2.24, 2.45) is 7.05 Å². The first-order chi connectivity index (χ1) is 12.6. The highest BCUT2D eigenvalue weighted by Crippen LogP contribution is 2.28. The number of carbonyl (C=O) groups is 1. The summed E-state index contributed by atoms with van der Waals surface area (Å²) >= 11 is 0. The molecule has 0 radical (unpaired) electrons. The second-order valence-corrected chi connectivity index (χ2v) is 6.56. The first kappa shape index (κ1) is 16.5. The van der Waals surface area contributed by atoms with Gasteiger partial charge < -0.3 is 14.0 Å². The van der Waals surface area contributed by atoms with Crippen molar-refractivity contribution in [2.75, 3.05) is 13.1 Å². The topological polar surface area (TPSA) is 64.2 Å². The molecule has 1 fully saturated rings. The Morgan fingerprint density at radius 3 is 2.81 bits per heavy atom. The van der Waals surface area contributed by atoms with Gasteiger partial charge in [-0.1, -0.05) is 5.16 Å². The number of aryl methyl sites for hydroxylation is 1. The van der Waals surface area contributed by atoms with Gasteiger partial charge in [-0.15, -0.1) is 0 Å². The number of benzene rings is 1. The minimum atomic E-state index is -0.306. The number of nitrogens with zero attached hydrogens (tertiary/aromatic N) is 4. The molecule has 26 heavy (non-hydrogen) atoms. The Bertz CT molecular complexity index is 916. The van der Waals surface area contributed by atoms with Crippen LogP contribution in [0.15, 0.2) is 47.1 Å². The maximum atomic E-state index is 13.1. The van der Waals surface area contributed by atoms with Gasteiger partial charge in [-0.3, -0.25) is 4.79 Å². The zero-order chi connectivity index (χ0) is 18.1. The molecule has 0 spiro atoms. The van der Waals surface area contributed by atoms with E-state index in [9.17, 15) is 9.18 Å². The summed E-state index contributed by atoms with van der Waals surface area (Å²) in [6.45, 7) is 1.27. The van der Waals surface area contributed by atoms with Gasteiger partial charge in [-0.2, -0.15) is 4.98 Å². The van der Waals surface area contributed by atoms with Crippen molar-refractivity contribution in [3.05, 3.63) is 60.0 Å². The Labute approximate surface area is 150 Å². The molecular formula is C19H19FN4O2. The van der Waals surface area contributed by atoms with Gasteiger partial charge in [0.1, 0.15) is 11.5 Å². The van der Waals surface area contributed by atoms with E-state index in [0.717, 1.165) is 19.4 Å². The summed E-state index contributed by atoms with van der Waals surface area (Å²) in [7, 11) is 1.86. The number of carbonyl (C=O) groups excluding carboxylic acids is 1. The van der Waals surface area contributed by atoms with Crippen molar-refractivity contribution in [3.8, 4) is 11.4 Å². The Morgan fingerprint density at radius 2 is 2.08 bits per heavy atom. The molecule has 134 valence electrons. The van der Waals surface area contributed by atoms with Crippen LogP contribution in [0.3, 0.4) is 0 Å². The summed E-state index contributed by atoms with van der Waals surface area (Å²) in [6, 6.07) is 9.66. The molecule has 0 bridgehead atoms. The normalized spacial score (nSPS) is 17.5. The summed E-state index contributed by atoms with van der Waals surface area (Å²) in [5.41, 5.74) is 1.37. The number of piperidine rings is 1. The molecule has 3 heterocycles. The Balaban J connectivity index is 1.51. The summed E-state index contributed by atoms with van der Waals surface area (Å²) in [6.07, 6.45) is 3.64. The number of hydrogen-bond acceptors (Lipinski definition) is 4. The van der Waals surface area contributed by atoms with Crippen LogP contribution in [-0.4, -0.2) is 38.6 Å². The third kappa shape index (κ3) is 3.12. The van der Waals surface area contributed by atoms with Crippen molar-refractivity contribution in [2.45, 2.75) is 18.8 Å². The van der Waals surface area contributed by atoms with E-state index in [2.05, 4.69) is 10.1 Å². The maximum absolute atomic E-state index is 13.1. The van der Waals surface area contributed by atoms with Gasteiger partial charge in [0.15, 0.2) is 0 Å². The first-order valence-corrected chi connectivity index (χ1v) is 8.62. The Morgan fingerprint density at radius 1 is 1.27 bits per heavy atom. The van der Waals surface area contributed by atoms with E-state index in [1.54, 1.807) is 12.1 Å². The number of likely N-dealkylation sites (tertiary alicyclic amines) is 1. The average Bonchev–Trinajstić information content (AvgIpc) is 3.31. The molecule has 0 N–H and O–H groups in total. The zero-order valence-corrected chi connectivity index (χ0v) is 14.4. The fraction of sp³-hybridized carbons (Fsp3) is 0.316. The van der Waals surface area contributed by atoms with Crippen molar-refractivity contribution in [1.29, 1.82) is 0 Å². The molecule has 4 rings (SSSR count). The van der Waals surface area contributed by atoms with Gasteiger partial charge in [0, 0.05) is 31.9 Å². The molecule has 6 nitrogen and oxygen atoms in total. The van der Waals surface area contributed by atoms with Crippen LogP contribution in [0.1, 0.15) is 35.1 Å². The van der Waals surface area contributed by atoms with Crippen LogP contribution in [0, 0.1) is 5.82 Å². The molecule has 0 saturated carbocycles. The van der Waals surface area contributed by atoms with E-state index in [0.29, 0.717) is 29.5 Å². The van der Waals surface area contributed by atoms with Crippen molar-refractivity contribution < 1.29 is 13.7 Å². The molecule has 7 heteroatoms. The predicted octanol–water partition coefficient (Wildman–Crippen LogP) is 3.23. The van der Waals surface area contributed by atoms with E-state index in [4.69, 9.17) is 4.52 Å². The molecule has 3 aromatic rings. The van der Waals surface area contributed by atoms with Crippen molar-refractivity contribution in [1.82, 2.24) is 19.6 Å². The highest BCUT2D eigenvalue weighted by molar-refractivity contribution is 5.92. The molecule has 1 atom stereocenters. The molecule has 1 aliphatic rings. The van der Waals surface area contributed by atoms with Crippen LogP contribution in [0.5, 0.6) is 0 Å². The third-order valence-corrected chi connectivity index (χ3v) is 4.76. The molecule has 1 saturated heterocycles. The standard InChI is InChI=1S/C19H19FN4O2/c1-23-10-3-5-16(23)19(25)24-11-2-4-14(12-24)18-21-17(22-26-18)13-6-8-15(20)9-7-13/h3,5-10,14H,2,4,11-12H2,1H3/t14-/m0/s1. The fourth-order valence-corrected chi connectivity index (χ4v) is 3.33. The summed E-state index contributed by atoms with van der Waals surface area (Å²) in [5.74, 6) is 0.675. The molecule has 0 unspecified atom stereocenters. The molecule has 2 aromatic heterocycles. The predicted molar refractivity (Wildman–Crippen MR) is 93.0 cm³/mol. The third-order valence-electron chi connectivity index (χ3n) is 4.76. The summed E-state index contributed by atoms with van der Waals surface area (Å²) < 4.78 is 20.3. The van der Waals surface area contributed by atoms with E-state index in [1.807, 2.05) is 34.8 Å². The largest absolute Gasteiger partial charge is 0.347 e. The van der Waals surface area contributed by atoms with E-state index in [1.165, 1.54) is 12.1 Å². The molecule has 1 amide bonds. The summed E-state index contributed by atoms with van der Waals surface area (Å²) in [5, 5.41) is 4.01. The Hall–Kier alpha value is -2.96. The van der Waals surface area contributed by atoms with Gasteiger partial charge in [0.25, 0.3) is 5.91 Å². The lowest BCUT2D eigenvalue weighted by Crippen LogP contribution is -2.39. The molecule has 0 aliphatic carbocycles. The second-order valence-electron chi connectivity index (χ2n) is 6.56. The van der Waals surface area contributed by atoms with Crippen LogP contribution >= 0.6 is 0 Å². The molecule has 1 aliphatic heterocycles.